The van der Waals surface area contributed by atoms with Gasteiger partial charge in [-0.1, -0.05) is 35.2 Å². The lowest BCUT2D eigenvalue weighted by Gasteiger charge is -2.50. The topological polar surface area (TPSA) is 41.3 Å². The van der Waals surface area contributed by atoms with Gasteiger partial charge >= 0.3 is 0 Å². The standard InChI is InChI=1S/C17H30BrN3/c18-11-6-7-15-14(10-11)16(19)13-8-9-21(17(13)20-15)12-4-2-1-3-5-12/h11-17,20H,1-10,19H2. The van der Waals surface area contributed by atoms with Crippen LogP contribution in [0.5, 0.6) is 0 Å². The molecule has 6 unspecified atom stereocenters. The smallest absolute Gasteiger partial charge is 0.0646 e. The molecule has 0 radical (unpaired) electrons. The number of fused-ring (bicyclic) bond motifs is 2. The maximum absolute atomic E-state index is 6.74. The Morgan fingerprint density at radius 3 is 2.57 bits per heavy atom. The lowest BCUT2D eigenvalue weighted by atomic mass is 9.71. The molecule has 0 aromatic heterocycles. The van der Waals surface area contributed by atoms with Gasteiger partial charge in [-0.05, 0) is 44.4 Å². The maximum Gasteiger partial charge on any atom is 0.0646 e. The van der Waals surface area contributed by atoms with Crippen LogP contribution in [0.2, 0.25) is 0 Å². The van der Waals surface area contributed by atoms with Gasteiger partial charge in [0.1, 0.15) is 0 Å². The quantitative estimate of drug-likeness (QED) is 0.710. The summed E-state index contributed by atoms with van der Waals surface area (Å²) in [6.45, 7) is 1.28. The summed E-state index contributed by atoms with van der Waals surface area (Å²) in [6, 6.07) is 1.91. The number of hydrogen-bond donors (Lipinski definition) is 2. The molecule has 0 amide bonds. The van der Waals surface area contributed by atoms with Crippen molar-refractivity contribution in [2.24, 2.45) is 17.6 Å². The van der Waals surface area contributed by atoms with E-state index in [1.807, 2.05) is 0 Å². The van der Waals surface area contributed by atoms with Crippen LogP contribution in [0.15, 0.2) is 0 Å². The van der Waals surface area contributed by atoms with Crippen LogP contribution in [-0.4, -0.2) is 40.6 Å². The van der Waals surface area contributed by atoms with Gasteiger partial charge < -0.3 is 5.73 Å². The fourth-order valence-corrected chi connectivity index (χ4v) is 6.30. The van der Waals surface area contributed by atoms with Crippen molar-refractivity contribution in [1.82, 2.24) is 10.2 Å². The molecule has 21 heavy (non-hydrogen) atoms. The van der Waals surface area contributed by atoms with Crippen LogP contribution in [0.25, 0.3) is 0 Å². The zero-order valence-corrected chi connectivity index (χ0v) is 14.6. The summed E-state index contributed by atoms with van der Waals surface area (Å²) in [7, 11) is 0. The molecule has 120 valence electrons. The predicted octanol–water partition coefficient (Wildman–Crippen LogP) is 2.83. The molecule has 2 saturated heterocycles. The molecular formula is C17H30BrN3. The first-order valence-electron chi connectivity index (χ1n) is 9.15. The number of rotatable bonds is 1. The highest BCUT2D eigenvalue weighted by molar-refractivity contribution is 9.09. The normalized spacial score (nSPS) is 48.9. The number of hydrogen-bond acceptors (Lipinski definition) is 3. The summed E-state index contributed by atoms with van der Waals surface area (Å²) < 4.78 is 0. The summed E-state index contributed by atoms with van der Waals surface area (Å²) >= 11 is 3.83. The highest BCUT2D eigenvalue weighted by atomic mass is 79.9. The first-order chi connectivity index (χ1) is 10.2. The monoisotopic (exact) mass is 355 g/mol. The minimum absolute atomic E-state index is 0.412. The summed E-state index contributed by atoms with van der Waals surface area (Å²) in [5.74, 6) is 1.38. The Hall–Kier alpha value is 0.360. The van der Waals surface area contributed by atoms with Crippen molar-refractivity contribution < 1.29 is 0 Å². The van der Waals surface area contributed by atoms with E-state index < -0.39 is 0 Å². The van der Waals surface area contributed by atoms with Crippen LogP contribution in [0.4, 0.5) is 0 Å². The first kappa shape index (κ1) is 14.9. The first-order valence-corrected chi connectivity index (χ1v) is 10.1. The number of piperidine rings is 1. The van der Waals surface area contributed by atoms with Gasteiger partial charge in [0, 0.05) is 35.4 Å². The van der Waals surface area contributed by atoms with Crippen molar-refractivity contribution in [1.29, 1.82) is 0 Å². The zero-order valence-electron chi connectivity index (χ0n) is 13.0. The molecule has 3 N–H and O–H groups in total. The van der Waals surface area contributed by atoms with Crippen LogP contribution in [0.3, 0.4) is 0 Å². The minimum atomic E-state index is 0.412. The molecule has 2 aliphatic heterocycles. The Bertz CT molecular complexity index is 371. The second-order valence-corrected chi connectivity index (χ2v) is 9.15. The fraction of sp³-hybridized carbons (Fsp3) is 1.00. The molecule has 4 fully saturated rings. The molecule has 0 aromatic rings. The second-order valence-electron chi connectivity index (χ2n) is 7.85. The highest BCUT2D eigenvalue weighted by Crippen LogP contribution is 2.42. The number of nitrogens with zero attached hydrogens (tertiary/aromatic N) is 1. The van der Waals surface area contributed by atoms with Crippen molar-refractivity contribution in [2.75, 3.05) is 6.54 Å². The Labute approximate surface area is 137 Å². The predicted molar refractivity (Wildman–Crippen MR) is 90.4 cm³/mol. The lowest BCUT2D eigenvalue weighted by molar-refractivity contribution is 0.0309. The van der Waals surface area contributed by atoms with Gasteiger partial charge in [-0.3, -0.25) is 10.2 Å². The summed E-state index contributed by atoms with van der Waals surface area (Å²) in [4.78, 5) is 3.50. The van der Waals surface area contributed by atoms with Gasteiger partial charge in [0.05, 0.1) is 6.17 Å². The van der Waals surface area contributed by atoms with Crippen LogP contribution >= 0.6 is 15.9 Å². The molecule has 4 aliphatic rings. The van der Waals surface area contributed by atoms with E-state index in [9.17, 15) is 0 Å². The van der Waals surface area contributed by atoms with E-state index in [2.05, 4.69) is 26.1 Å². The molecule has 6 atom stereocenters. The van der Waals surface area contributed by atoms with Crippen molar-refractivity contribution in [3.05, 3.63) is 0 Å². The Kier molecular flexibility index (Phi) is 4.34. The van der Waals surface area contributed by atoms with Crippen LogP contribution in [0.1, 0.15) is 57.8 Å². The van der Waals surface area contributed by atoms with Crippen molar-refractivity contribution >= 4 is 15.9 Å². The Morgan fingerprint density at radius 2 is 1.76 bits per heavy atom. The van der Waals surface area contributed by atoms with Crippen molar-refractivity contribution in [2.45, 2.75) is 86.9 Å². The van der Waals surface area contributed by atoms with E-state index in [1.54, 1.807) is 0 Å². The molecule has 4 heteroatoms. The second kappa shape index (κ2) is 6.10. The van der Waals surface area contributed by atoms with Gasteiger partial charge in [0.15, 0.2) is 0 Å². The average Bonchev–Trinajstić information content (AvgIpc) is 2.93. The SMILES string of the molecule is NC1C2CC(Br)CCC2NC2C1CCN2C1CCCCC1. The van der Waals surface area contributed by atoms with Gasteiger partial charge in [-0.2, -0.15) is 0 Å². The summed E-state index contributed by atoms with van der Waals surface area (Å²) in [5, 5.41) is 4.04. The third kappa shape index (κ3) is 2.71. The van der Waals surface area contributed by atoms with Gasteiger partial charge in [-0.15, -0.1) is 0 Å². The van der Waals surface area contributed by atoms with Gasteiger partial charge in [0.25, 0.3) is 0 Å². The largest absolute Gasteiger partial charge is 0.327 e. The zero-order chi connectivity index (χ0) is 14.4. The van der Waals surface area contributed by atoms with E-state index in [-0.39, 0.29) is 0 Å². The van der Waals surface area contributed by atoms with E-state index in [1.165, 1.54) is 64.3 Å². The molecule has 2 aliphatic carbocycles. The molecule has 3 nitrogen and oxygen atoms in total. The fourth-order valence-electron chi connectivity index (χ4n) is 5.61. The summed E-state index contributed by atoms with van der Waals surface area (Å²) in [6.07, 6.45) is 12.9. The molecule has 2 heterocycles. The van der Waals surface area contributed by atoms with E-state index in [0.29, 0.717) is 34.9 Å². The van der Waals surface area contributed by atoms with Gasteiger partial charge in [0.2, 0.25) is 0 Å². The third-order valence-corrected chi connectivity index (χ3v) is 7.57. The number of halogens is 1. The molecule has 0 spiro atoms. The maximum atomic E-state index is 6.74. The molecule has 0 bridgehead atoms. The van der Waals surface area contributed by atoms with Crippen LogP contribution in [0, 0.1) is 11.8 Å². The lowest BCUT2D eigenvalue weighted by Crippen LogP contribution is -2.66. The van der Waals surface area contributed by atoms with Crippen molar-refractivity contribution in [3.8, 4) is 0 Å². The van der Waals surface area contributed by atoms with E-state index in [0.717, 1.165) is 6.04 Å². The minimum Gasteiger partial charge on any atom is -0.327 e. The van der Waals surface area contributed by atoms with E-state index in [4.69, 9.17) is 5.73 Å². The average molecular weight is 356 g/mol. The highest BCUT2D eigenvalue weighted by Gasteiger charge is 2.50. The molecule has 2 saturated carbocycles. The molecule has 4 rings (SSSR count). The van der Waals surface area contributed by atoms with Gasteiger partial charge in [-0.25, -0.2) is 0 Å². The van der Waals surface area contributed by atoms with Crippen molar-refractivity contribution in [3.63, 3.8) is 0 Å². The third-order valence-electron chi connectivity index (χ3n) is 6.74. The molecule has 0 aromatic carbocycles. The molecular weight excluding hydrogens is 326 g/mol. The number of nitrogens with one attached hydrogen (secondary N) is 1. The Balaban J connectivity index is 1.49. The van der Waals surface area contributed by atoms with Crippen LogP contribution < -0.4 is 11.1 Å². The Morgan fingerprint density at radius 1 is 0.952 bits per heavy atom. The van der Waals surface area contributed by atoms with E-state index >= 15 is 0 Å². The van der Waals surface area contributed by atoms with Crippen LogP contribution in [-0.2, 0) is 0 Å². The number of alkyl halides is 1. The summed E-state index contributed by atoms with van der Waals surface area (Å²) in [5.41, 5.74) is 6.74. The number of likely N-dealkylation sites (tertiary alicyclic amines) is 1. The number of nitrogens with two attached hydrogens (primary N) is 1.